The number of halogens is 2. The molecule has 2 aliphatic rings. The monoisotopic (exact) mass is 495 g/mol. The van der Waals surface area contributed by atoms with Crippen LogP contribution in [-0.4, -0.2) is 38.1 Å². The average molecular weight is 496 g/mol. The third kappa shape index (κ3) is 5.61. The molecule has 0 aromatic heterocycles. The molecule has 1 saturated heterocycles. The molecule has 1 unspecified atom stereocenters. The van der Waals surface area contributed by atoms with Crippen LogP contribution in [0.15, 0.2) is 23.2 Å². The lowest BCUT2D eigenvalue weighted by Crippen LogP contribution is -2.31. The van der Waals surface area contributed by atoms with Crippen molar-refractivity contribution < 1.29 is 14.2 Å². The van der Waals surface area contributed by atoms with Gasteiger partial charge >= 0.3 is 0 Å². The Morgan fingerprint density at radius 3 is 2.73 bits per heavy atom. The van der Waals surface area contributed by atoms with Crippen LogP contribution in [-0.2, 0) is 9.47 Å². The summed E-state index contributed by atoms with van der Waals surface area (Å²) in [5.41, 5.74) is 6.73. The average Bonchev–Trinajstić information content (AvgIpc) is 2.85. The molecule has 1 aromatic rings. The highest BCUT2D eigenvalue weighted by molar-refractivity contribution is 14.0. The smallest absolute Gasteiger partial charge is 0.193 e. The normalized spacial score (nSPS) is 22.5. The number of guanidine groups is 1. The highest BCUT2D eigenvalue weighted by Gasteiger charge is 2.41. The fourth-order valence-corrected chi connectivity index (χ4v) is 3.63. The number of ether oxygens (including phenoxy) is 3. The van der Waals surface area contributed by atoms with Gasteiger partial charge in [0, 0.05) is 18.5 Å². The van der Waals surface area contributed by atoms with Crippen LogP contribution in [0.25, 0.3) is 0 Å². The number of nitrogens with zero attached hydrogens (tertiary/aromatic N) is 1. The highest BCUT2D eigenvalue weighted by Crippen LogP contribution is 2.36. The van der Waals surface area contributed by atoms with E-state index >= 15 is 0 Å². The van der Waals surface area contributed by atoms with Gasteiger partial charge in [-0.1, -0.05) is 24.4 Å². The number of hydrogen-bond acceptors (Lipinski definition) is 4. The third-order valence-corrected chi connectivity index (χ3v) is 4.96. The van der Waals surface area contributed by atoms with Crippen LogP contribution >= 0.6 is 35.6 Å². The summed E-state index contributed by atoms with van der Waals surface area (Å²) in [6, 6.07) is 5.36. The molecule has 1 saturated carbocycles. The Morgan fingerprint density at radius 1 is 1.35 bits per heavy atom. The van der Waals surface area contributed by atoms with Gasteiger partial charge in [-0.3, -0.25) is 4.99 Å². The van der Waals surface area contributed by atoms with E-state index in [1.165, 1.54) is 12.8 Å². The van der Waals surface area contributed by atoms with Gasteiger partial charge in [-0.2, -0.15) is 0 Å². The Hall–Kier alpha value is -0.770. The SMILES string of the molecule is COc1ccc(NC(N)=NCC2COC3(CCCCCC3)O2)cc1Cl.I. The standard InChI is InChI=1S/C18H26ClN3O3.HI/c1-23-16-7-6-13(10-15(16)19)22-17(20)21-11-14-12-24-18(25-14)8-4-2-3-5-9-18;/h6-7,10,14H,2-5,8-9,11-12H2,1H3,(H3,20,21,22);1H. The zero-order valence-electron chi connectivity index (χ0n) is 15.0. The van der Waals surface area contributed by atoms with E-state index in [0.29, 0.717) is 29.9 Å². The summed E-state index contributed by atoms with van der Waals surface area (Å²) >= 11 is 6.11. The second-order valence-electron chi connectivity index (χ2n) is 6.58. The van der Waals surface area contributed by atoms with Gasteiger partial charge in [0.05, 0.1) is 25.3 Å². The molecule has 0 radical (unpaired) electrons. The number of benzene rings is 1. The topological polar surface area (TPSA) is 78.1 Å². The van der Waals surface area contributed by atoms with Crippen molar-refractivity contribution >= 4 is 47.2 Å². The van der Waals surface area contributed by atoms with Gasteiger partial charge < -0.3 is 25.3 Å². The number of aliphatic imine (C=N–C) groups is 1. The van der Waals surface area contributed by atoms with Gasteiger partial charge in [-0.15, -0.1) is 24.0 Å². The predicted octanol–water partition coefficient (Wildman–Crippen LogP) is 4.16. The van der Waals surface area contributed by atoms with E-state index in [2.05, 4.69) is 10.3 Å². The van der Waals surface area contributed by atoms with Crippen molar-refractivity contribution in [2.24, 2.45) is 10.7 Å². The van der Waals surface area contributed by atoms with Crippen LogP contribution in [0.2, 0.25) is 5.02 Å². The molecular weight excluding hydrogens is 469 g/mol. The lowest BCUT2D eigenvalue weighted by Gasteiger charge is -2.26. The minimum Gasteiger partial charge on any atom is -0.495 e. The first kappa shape index (κ1) is 21.5. The Bertz CT molecular complexity index is 622. The van der Waals surface area contributed by atoms with Gasteiger partial charge in [-0.05, 0) is 31.0 Å². The molecule has 0 amide bonds. The molecular formula is C18H27ClIN3O3. The fraction of sp³-hybridized carbons (Fsp3) is 0.611. The number of anilines is 1. The van der Waals surface area contributed by atoms with Crippen LogP contribution in [0.1, 0.15) is 38.5 Å². The maximum atomic E-state index is 6.17. The van der Waals surface area contributed by atoms with E-state index in [9.17, 15) is 0 Å². The van der Waals surface area contributed by atoms with Crippen LogP contribution in [0.3, 0.4) is 0 Å². The van der Waals surface area contributed by atoms with E-state index in [0.717, 1.165) is 31.4 Å². The van der Waals surface area contributed by atoms with Crippen LogP contribution in [0, 0.1) is 0 Å². The van der Waals surface area contributed by atoms with Crippen LogP contribution in [0.5, 0.6) is 5.75 Å². The van der Waals surface area contributed by atoms with Crippen molar-refractivity contribution in [3.63, 3.8) is 0 Å². The quantitative estimate of drug-likeness (QED) is 0.373. The largest absolute Gasteiger partial charge is 0.495 e. The first-order chi connectivity index (χ1) is 12.1. The Balaban J connectivity index is 0.00000243. The van der Waals surface area contributed by atoms with Crippen molar-refractivity contribution in [2.45, 2.75) is 50.4 Å². The zero-order chi connectivity index (χ0) is 17.7. The van der Waals surface area contributed by atoms with Crippen molar-refractivity contribution in [2.75, 3.05) is 25.6 Å². The van der Waals surface area contributed by atoms with Gasteiger partial charge in [0.1, 0.15) is 11.9 Å². The molecule has 146 valence electrons. The molecule has 2 fully saturated rings. The minimum absolute atomic E-state index is 0. The second-order valence-corrected chi connectivity index (χ2v) is 6.98. The Kier molecular flexibility index (Phi) is 8.25. The zero-order valence-corrected chi connectivity index (χ0v) is 18.1. The van der Waals surface area contributed by atoms with E-state index < -0.39 is 0 Å². The first-order valence-electron chi connectivity index (χ1n) is 8.82. The van der Waals surface area contributed by atoms with Gasteiger partial charge in [0.2, 0.25) is 0 Å². The number of nitrogens with one attached hydrogen (secondary N) is 1. The van der Waals surface area contributed by atoms with Gasteiger partial charge in [0.25, 0.3) is 0 Å². The molecule has 1 aliphatic carbocycles. The van der Waals surface area contributed by atoms with E-state index in [1.54, 1.807) is 19.2 Å². The van der Waals surface area contributed by atoms with E-state index in [4.69, 9.17) is 31.5 Å². The summed E-state index contributed by atoms with van der Waals surface area (Å²) in [4.78, 5) is 4.38. The van der Waals surface area contributed by atoms with Crippen LogP contribution in [0.4, 0.5) is 5.69 Å². The second kappa shape index (κ2) is 9.96. The molecule has 1 aliphatic heterocycles. The van der Waals surface area contributed by atoms with Crippen LogP contribution < -0.4 is 15.8 Å². The minimum atomic E-state index is -0.387. The molecule has 6 nitrogen and oxygen atoms in total. The maximum absolute atomic E-state index is 6.17. The number of hydrogen-bond donors (Lipinski definition) is 2. The molecule has 3 N–H and O–H groups in total. The first-order valence-corrected chi connectivity index (χ1v) is 9.20. The molecule has 3 rings (SSSR count). The molecule has 0 bridgehead atoms. The lowest BCUT2D eigenvalue weighted by atomic mass is 10.1. The molecule has 1 spiro atoms. The van der Waals surface area contributed by atoms with E-state index in [-0.39, 0.29) is 35.9 Å². The van der Waals surface area contributed by atoms with Crippen molar-refractivity contribution in [1.29, 1.82) is 0 Å². The van der Waals surface area contributed by atoms with Crippen molar-refractivity contribution in [3.8, 4) is 5.75 Å². The summed E-state index contributed by atoms with van der Waals surface area (Å²) in [6.07, 6.45) is 6.77. The maximum Gasteiger partial charge on any atom is 0.193 e. The fourth-order valence-electron chi connectivity index (χ4n) is 3.37. The summed E-state index contributed by atoms with van der Waals surface area (Å²) in [5, 5.41) is 3.55. The Labute approximate surface area is 176 Å². The van der Waals surface area contributed by atoms with Gasteiger partial charge in [0.15, 0.2) is 11.7 Å². The van der Waals surface area contributed by atoms with Crippen molar-refractivity contribution in [3.05, 3.63) is 23.2 Å². The molecule has 8 heteroatoms. The van der Waals surface area contributed by atoms with Gasteiger partial charge in [-0.25, -0.2) is 0 Å². The molecule has 26 heavy (non-hydrogen) atoms. The number of rotatable bonds is 4. The summed E-state index contributed by atoms with van der Waals surface area (Å²) < 4.78 is 17.3. The number of methoxy groups -OCH3 is 1. The molecule has 1 heterocycles. The third-order valence-electron chi connectivity index (χ3n) is 4.67. The van der Waals surface area contributed by atoms with Crippen molar-refractivity contribution in [1.82, 2.24) is 0 Å². The lowest BCUT2D eigenvalue weighted by molar-refractivity contribution is -0.174. The summed E-state index contributed by atoms with van der Waals surface area (Å²) in [5.74, 6) is 0.558. The highest BCUT2D eigenvalue weighted by atomic mass is 127. The molecule has 1 aromatic carbocycles. The van der Waals surface area contributed by atoms with E-state index in [1.807, 2.05) is 6.07 Å². The number of nitrogens with two attached hydrogens (primary N) is 1. The molecule has 1 atom stereocenters. The summed E-state index contributed by atoms with van der Waals surface area (Å²) in [6.45, 7) is 1.05. The summed E-state index contributed by atoms with van der Waals surface area (Å²) in [7, 11) is 1.58. The Morgan fingerprint density at radius 2 is 2.08 bits per heavy atom. The predicted molar refractivity (Wildman–Crippen MR) is 115 cm³/mol.